The first-order valence-corrected chi connectivity index (χ1v) is 36.9. The van der Waals surface area contributed by atoms with Crippen LogP contribution in [0, 0.1) is 0 Å². The van der Waals surface area contributed by atoms with Crippen LogP contribution in [0.15, 0.2) is 85.1 Å². The Bertz CT molecular complexity index is 1740. The van der Waals surface area contributed by atoms with Gasteiger partial charge in [-0.1, -0.05) is 292 Å². The molecule has 6 N–H and O–H groups in total. The predicted molar refractivity (Wildman–Crippen MR) is 370 cm³/mol. The molecule has 88 heavy (non-hydrogen) atoms. The van der Waals surface area contributed by atoms with Crippen LogP contribution in [-0.4, -0.2) is 100 Å². The van der Waals surface area contributed by atoms with Crippen molar-refractivity contribution in [2.24, 2.45) is 0 Å². The molecule has 1 saturated heterocycles. The molecule has 0 radical (unpaired) electrons. The summed E-state index contributed by atoms with van der Waals surface area (Å²) in [7, 11) is 0. The number of carbonyl (C=O) groups is 2. The first kappa shape index (κ1) is 82.9. The standard InChI is InChI=1S/C77H137NO10/c1-3-5-7-9-11-13-15-41-45-49-53-57-61-65-73(82)86-66-62-58-54-50-46-43-40-38-36-34-32-30-28-26-24-22-20-18-16-17-19-21-23-25-27-29-31-33-35-37-39-42-44-48-52-56-60-64-72(81)78-69(68-87-77-76(85)75(84)74(83)71(67-79)88-77)70(80)63-59-55-51-47-14-12-10-8-6-4-2/h6-9,13-16,18,22,24,47,59,63,69-71,74-77,79-80,83-85H,3-5,10-12,17,19-21,23,25-46,48-58,60-62,64-68H2,1-2H3,(H,78,81)/b8-6+,9-7-,15-13-,18-16-,24-22-,47-14+,63-59+. The summed E-state index contributed by atoms with van der Waals surface area (Å²) in [4.78, 5) is 25.1. The first-order valence-electron chi connectivity index (χ1n) is 36.9. The van der Waals surface area contributed by atoms with Crippen LogP contribution in [-0.2, 0) is 23.8 Å². The van der Waals surface area contributed by atoms with Crippen molar-refractivity contribution in [1.82, 2.24) is 5.32 Å². The van der Waals surface area contributed by atoms with Gasteiger partial charge in [-0.3, -0.25) is 9.59 Å². The van der Waals surface area contributed by atoms with Gasteiger partial charge in [0, 0.05) is 12.8 Å². The number of aliphatic hydroxyl groups is 5. The van der Waals surface area contributed by atoms with Gasteiger partial charge in [-0.15, -0.1) is 0 Å². The van der Waals surface area contributed by atoms with E-state index in [1.54, 1.807) is 6.08 Å². The van der Waals surface area contributed by atoms with E-state index in [0.717, 1.165) is 83.5 Å². The Hall–Kier alpha value is -3.16. The minimum absolute atomic E-state index is 0.00376. The van der Waals surface area contributed by atoms with Gasteiger partial charge in [0.15, 0.2) is 6.29 Å². The highest BCUT2D eigenvalue weighted by atomic mass is 16.7. The third-order valence-electron chi connectivity index (χ3n) is 16.9. The molecule has 0 saturated carbocycles. The van der Waals surface area contributed by atoms with Gasteiger partial charge < -0.3 is 45.1 Å². The molecule has 1 aliphatic rings. The number of rotatable bonds is 64. The van der Waals surface area contributed by atoms with Crippen LogP contribution in [0.3, 0.4) is 0 Å². The number of aliphatic hydroxyl groups excluding tert-OH is 5. The maximum Gasteiger partial charge on any atom is 0.305 e. The second-order valence-electron chi connectivity index (χ2n) is 25.2. The maximum absolute atomic E-state index is 13.0. The number of esters is 1. The average molecular weight is 1240 g/mol. The summed E-state index contributed by atoms with van der Waals surface area (Å²) in [6, 6.07) is -0.833. The van der Waals surface area contributed by atoms with E-state index < -0.39 is 49.5 Å². The van der Waals surface area contributed by atoms with Crippen molar-refractivity contribution in [1.29, 1.82) is 0 Å². The van der Waals surface area contributed by atoms with Crippen LogP contribution in [0.4, 0.5) is 0 Å². The van der Waals surface area contributed by atoms with Crippen LogP contribution < -0.4 is 5.32 Å². The monoisotopic (exact) mass is 1240 g/mol. The topological polar surface area (TPSA) is 175 Å². The molecule has 1 rings (SSSR count). The van der Waals surface area contributed by atoms with Crippen LogP contribution in [0.25, 0.3) is 0 Å². The molecular formula is C77H137NO10. The second-order valence-corrected chi connectivity index (χ2v) is 25.2. The Balaban J connectivity index is 1.91. The van der Waals surface area contributed by atoms with Gasteiger partial charge in [-0.25, -0.2) is 0 Å². The van der Waals surface area contributed by atoms with Crippen molar-refractivity contribution in [3.8, 4) is 0 Å². The van der Waals surface area contributed by atoms with E-state index >= 15 is 0 Å². The Labute approximate surface area is 540 Å². The molecule has 0 aromatic carbocycles. The second kappa shape index (κ2) is 65.3. The van der Waals surface area contributed by atoms with E-state index in [1.807, 2.05) is 6.08 Å². The molecule has 0 aromatic heterocycles. The van der Waals surface area contributed by atoms with Gasteiger partial charge in [0.1, 0.15) is 24.4 Å². The molecule has 1 fully saturated rings. The van der Waals surface area contributed by atoms with Crippen LogP contribution in [0.2, 0.25) is 0 Å². The van der Waals surface area contributed by atoms with Crippen molar-refractivity contribution in [2.75, 3.05) is 19.8 Å². The molecule has 510 valence electrons. The summed E-state index contributed by atoms with van der Waals surface area (Å²) in [5, 5.41) is 54.3. The van der Waals surface area contributed by atoms with E-state index in [2.05, 4.69) is 92.1 Å². The molecule has 7 unspecified atom stereocenters. The largest absolute Gasteiger partial charge is 0.466 e. The molecule has 11 nitrogen and oxygen atoms in total. The number of nitrogens with one attached hydrogen (secondary N) is 1. The van der Waals surface area contributed by atoms with Gasteiger partial charge in [-0.2, -0.15) is 0 Å². The van der Waals surface area contributed by atoms with Crippen molar-refractivity contribution in [2.45, 2.75) is 371 Å². The number of amides is 1. The summed E-state index contributed by atoms with van der Waals surface area (Å²) in [6.07, 6.45) is 80.5. The zero-order chi connectivity index (χ0) is 63.7. The maximum atomic E-state index is 13.0. The summed E-state index contributed by atoms with van der Waals surface area (Å²) >= 11 is 0. The number of hydrogen-bond acceptors (Lipinski definition) is 10. The molecule has 0 spiro atoms. The van der Waals surface area contributed by atoms with E-state index in [1.165, 1.54) is 218 Å². The van der Waals surface area contributed by atoms with Gasteiger partial charge >= 0.3 is 5.97 Å². The normalized spacial score (nSPS) is 18.3. The Morgan fingerprint density at radius 3 is 1.24 bits per heavy atom. The van der Waals surface area contributed by atoms with Gasteiger partial charge in [0.2, 0.25) is 5.91 Å². The molecule has 1 heterocycles. The highest BCUT2D eigenvalue weighted by Crippen LogP contribution is 2.23. The average Bonchev–Trinajstić information content (AvgIpc) is 3.03. The molecule has 7 atom stereocenters. The van der Waals surface area contributed by atoms with Crippen LogP contribution in [0.5, 0.6) is 0 Å². The smallest absolute Gasteiger partial charge is 0.305 e. The number of carbonyl (C=O) groups excluding carboxylic acids is 2. The summed E-state index contributed by atoms with van der Waals surface area (Å²) in [5.41, 5.74) is 0. The van der Waals surface area contributed by atoms with Crippen molar-refractivity contribution >= 4 is 11.9 Å². The molecule has 0 aromatic rings. The first-order chi connectivity index (χ1) is 43.2. The zero-order valence-corrected chi connectivity index (χ0v) is 56.7. The van der Waals surface area contributed by atoms with Crippen molar-refractivity contribution in [3.05, 3.63) is 85.1 Å². The Kier molecular flexibility index (Phi) is 61.5. The summed E-state index contributed by atoms with van der Waals surface area (Å²) in [5.74, 6) is -0.200. The van der Waals surface area contributed by atoms with E-state index in [0.29, 0.717) is 19.4 Å². The molecule has 0 bridgehead atoms. The zero-order valence-electron chi connectivity index (χ0n) is 56.7. The fourth-order valence-corrected chi connectivity index (χ4v) is 11.2. The van der Waals surface area contributed by atoms with Crippen molar-refractivity contribution < 1.29 is 49.3 Å². The number of allylic oxidation sites excluding steroid dienone is 13. The third kappa shape index (κ3) is 53.5. The van der Waals surface area contributed by atoms with Crippen molar-refractivity contribution in [3.63, 3.8) is 0 Å². The number of hydrogen-bond donors (Lipinski definition) is 6. The Morgan fingerprint density at radius 1 is 0.432 bits per heavy atom. The minimum atomic E-state index is -1.58. The summed E-state index contributed by atoms with van der Waals surface area (Å²) < 4.78 is 16.7. The fraction of sp³-hybridized carbons (Fsp3) is 0.792. The lowest BCUT2D eigenvalue weighted by Crippen LogP contribution is -2.60. The molecule has 1 amide bonds. The predicted octanol–water partition coefficient (Wildman–Crippen LogP) is 19.2. The van der Waals surface area contributed by atoms with Crippen LogP contribution >= 0.6 is 0 Å². The SMILES string of the molecule is CC/C=C/CC/C=C/CC/C=C/C(O)C(COC1OC(CO)C(O)C(O)C1O)NC(=O)CCCCCCCCCCCCCCCCCCC/C=C\C/C=C\CCCCCCCCCCCCCCCOC(=O)CCCCCCC/C=C\C/C=C\CCC. The van der Waals surface area contributed by atoms with E-state index in [4.69, 9.17) is 14.2 Å². The third-order valence-corrected chi connectivity index (χ3v) is 16.9. The number of unbranched alkanes of at least 4 members (excludes halogenated alkanes) is 38. The van der Waals surface area contributed by atoms with E-state index in [9.17, 15) is 35.1 Å². The lowest BCUT2D eigenvalue weighted by Gasteiger charge is -2.40. The molecular weight excluding hydrogens is 1100 g/mol. The quantitative estimate of drug-likeness (QED) is 0.0195. The number of ether oxygens (including phenoxy) is 3. The van der Waals surface area contributed by atoms with E-state index in [-0.39, 0.29) is 18.5 Å². The van der Waals surface area contributed by atoms with Gasteiger partial charge in [-0.05, 0) is 109 Å². The lowest BCUT2D eigenvalue weighted by atomic mass is 9.99. The summed E-state index contributed by atoms with van der Waals surface area (Å²) in [6.45, 7) is 4.15. The van der Waals surface area contributed by atoms with Crippen LogP contribution in [0.1, 0.15) is 328 Å². The Morgan fingerprint density at radius 2 is 0.807 bits per heavy atom. The highest BCUT2D eigenvalue weighted by Gasteiger charge is 2.44. The van der Waals surface area contributed by atoms with Gasteiger partial charge in [0.05, 0.1) is 32.0 Å². The minimum Gasteiger partial charge on any atom is -0.466 e. The molecule has 11 heteroatoms. The lowest BCUT2D eigenvalue weighted by molar-refractivity contribution is -0.302. The van der Waals surface area contributed by atoms with Gasteiger partial charge in [0.25, 0.3) is 0 Å². The molecule has 0 aliphatic carbocycles. The highest BCUT2D eigenvalue weighted by molar-refractivity contribution is 5.76. The fourth-order valence-electron chi connectivity index (χ4n) is 11.2. The molecule has 1 aliphatic heterocycles.